The molecule has 1 amide bonds. The highest BCUT2D eigenvalue weighted by Crippen LogP contribution is 2.45. The number of benzene rings is 3. The van der Waals surface area contributed by atoms with Crippen LogP contribution in [-0.4, -0.2) is 53.9 Å². The molecule has 1 aliphatic rings. The number of hydrogen-bond acceptors (Lipinski definition) is 4. The molecule has 0 N–H and O–H groups in total. The second-order valence-electron chi connectivity index (χ2n) is 15.3. The van der Waals surface area contributed by atoms with E-state index in [2.05, 4.69) is 128 Å². The lowest BCUT2D eigenvalue weighted by Gasteiger charge is -2.44. The average molecular weight is 632 g/mol. The average Bonchev–Trinajstić information content (AvgIpc) is 3.28. The molecule has 4 rings (SSSR count). The summed E-state index contributed by atoms with van der Waals surface area (Å²) in [6, 6.07) is 26.8. The van der Waals surface area contributed by atoms with Gasteiger partial charge in [-0.25, -0.2) is 4.79 Å². The molecule has 0 spiro atoms. The number of likely N-dealkylation sites (N-methyl/N-ethyl adjacent to an activating group) is 1. The van der Waals surface area contributed by atoms with Crippen LogP contribution in [0.3, 0.4) is 0 Å². The first-order chi connectivity index (χ1) is 20.4. The Hall–Kier alpha value is -2.72. The minimum Gasteiger partial charge on any atom is -0.448 e. The van der Waals surface area contributed by atoms with Crippen LogP contribution in [0.15, 0.2) is 78.9 Å². The summed E-state index contributed by atoms with van der Waals surface area (Å²) in [7, 11) is -2.54. The van der Waals surface area contributed by atoms with E-state index in [1.807, 2.05) is 25.2 Å². The van der Waals surface area contributed by atoms with E-state index in [-0.39, 0.29) is 40.8 Å². The van der Waals surface area contributed by atoms with Gasteiger partial charge in [-0.15, -0.1) is 0 Å². The molecule has 44 heavy (non-hydrogen) atoms. The second-order valence-corrected chi connectivity index (χ2v) is 24.8. The maximum absolute atomic E-state index is 14.0. The molecule has 7 heteroatoms. The number of hydrogen-bond donors (Lipinski definition) is 0. The summed E-state index contributed by atoms with van der Waals surface area (Å²) in [5.41, 5.74) is 5.87. The quantitative estimate of drug-likeness (QED) is 0.209. The van der Waals surface area contributed by atoms with Crippen molar-refractivity contribution in [1.29, 1.82) is 0 Å². The first-order valence-electron chi connectivity index (χ1n) is 15.9. The van der Waals surface area contributed by atoms with Crippen LogP contribution in [0.4, 0.5) is 4.79 Å². The Morgan fingerprint density at radius 2 is 1.23 bits per heavy atom. The van der Waals surface area contributed by atoms with Crippen LogP contribution in [0.1, 0.15) is 70.3 Å². The molecular weight excluding hydrogens is 579 g/mol. The molecule has 0 saturated carbocycles. The van der Waals surface area contributed by atoms with Crippen molar-refractivity contribution in [3.05, 3.63) is 95.6 Å². The molecule has 2 atom stereocenters. The fraction of sp³-hybridized carbons (Fsp3) is 0.486. The van der Waals surface area contributed by atoms with Gasteiger partial charge in [0.05, 0.1) is 18.8 Å². The summed E-state index contributed by atoms with van der Waals surface area (Å²) in [6.45, 7) is 23.1. The first-order valence-corrected chi connectivity index (χ1v) is 21.7. The molecule has 238 valence electrons. The van der Waals surface area contributed by atoms with Gasteiger partial charge < -0.3 is 18.5 Å². The maximum atomic E-state index is 14.0. The number of carbonyl (C=O) groups is 1. The van der Waals surface area contributed by atoms with Crippen molar-refractivity contribution >= 4 is 22.7 Å². The molecule has 3 aromatic carbocycles. The van der Waals surface area contributed by atoms with Gasteiger partial charge in [0.2, 0.25) is 0 Å². The zero-order chi connectivity index (χ0) is 32.5. The molecule has 0 fully saturated rings. The Morgan fingerprint density at radius 3 is 1.73 bits per heavy atom. The van der Waals surface area contributed by atoms with Crippen LogP contribution >= 0.6 is 0 Å². The van der Waals surface area contributed by atoms with Crippen molar-refractivity contribution in [2.75, 3.05) is 20.3 Å². The summed E-state index contributed by atoms with van der Waals surface area (Å²) in [6.07, 6.45) is -0.734. The lowest BCUT2D eigenvalue weighted by atomic mass is 9.98. The molecule has 3 aromatic rings. The predicted molar refractivity (Wildman–Crippen MR) is 187 cm³/mol. The van der Waals surface area contributed by atoms with Crippen LogP contribution in [0, 0.1) is 0 Å². The SMILES string of the molecule is CN(C(=O)OCC1c2ccccc2-c2ccccc21)[C@H](CO[Si](C)(C)C(C)(C)C)[C@@H](O[Si](C)(C)C(C)(C)C)c1ccccc1. The largest absolute Gasteiger partial charge is 0.448 e. The Kier molecular flexibility index (Phi) is 10.1. The van der Waals surface area contributed by atoms with Crippen LogP contribution < -0.4 is 0 Å². The van der Waals surface area contributed by atoms with E-state index >= 15 is 0 Å². The van der Waals surface area contributed by atoms with Crippen molar-refractivity contribution < 1.29 is 18.4 Å². The highest BCUT2D eigenvalue weighted by Gasteiger charge is 2.45. The fourth-order valence-electron chi connectivity index (χ4n) is 5.25. The Morgan fingerprint density at radius 1 is 0.750 bits per heavy atom. The molecule has 0 unspecified atom stereocenters. The maximum Gasteiger partial charge on any atom is 0.409 e. The molecule has 0 radical (unpaired) electrons. The smallest absolute Gasteiger partial charge is 0.409 e. The summed E-state index contributed by atoms with van der Waals surface area (Å²) < 4.78 is 20.2. The van der Waals surface area contributed by atoms with Crippen molar-refractivity contribution in [1.82, 2.24) is 4.90 Å². The number of ether oxygens (including phenoxy) is 1. The Bertz CT molecular complexity index is 1380. The minimum atomic E-state index is -2.25. The Labute approximate surface area is 268 Å². The zero-order valence-electron chi connectivity index (χ0n) is 28.7. The van der Waals surface area contributed by atoms with Crippen LogP contribution in [0.5, 0.6) is 0 Å². The van der Waals surface area contributed by atoms with Crippen LogP contribution in [0.25, 0.3) is 11.1 Å². The van der Waals surface area contributed by atoms with Gasteiger partial charge in [0.1, 0.15) is 6.61 Å². The van der Waals surface area contributed by atoms with E-state index in [0.29, 0.717) is 6.61 Å². The van der Waals surface area contributed by atoms with E-state index in [0.717, 1.165) is 5.56 Å². The molecule has 0 saturated heterocycles. The molecule has 0 heterocycles. The summed E-state index contributed by atoms with van der Waals surface area (Å²) in [5, 5.41) is 0.0234. The lowest BCUT2D eigenvalue weighted by molar-refractivity contribution is 0.0260. The third kappa shape index (κ3) is 7.22. The number of rotatable bonds is 10. The monoisotopic (exact) mass is 631 g/mol. The summed E-state index contributed by atoms with van der Waals surface area (Å²) >= 11 is 0. The van der Waals surface area contributed by atoms with Gasteiger partial charge >= 0.3 is 6.09 Å². The van der Waals surface area contributed by atoms with E-state index in [1.165, 1.54) is 22.3 Å². The highest BCUT2D eigenvalue weighted by molar-refractivity contribution is 6.74. The van der Waals surface area contributed by atoms with Gasteiger partial charge in [-0.05, 0) is 64.1 Å². The first kappa shape index (κ1) is 34.2. The van der Waals surface area contributed by atoms with E-state index in [1.54, 1.807) is 4.90 Å². The van der Waals surface area contributed by atoms with E-state index in [4.69, 9.17) is 13.6 Å². The van der Waals surface area contributed by atoms with Gasteiger partial charge in [-0.1, -0.05) is 120 Å². The van der Waals surface area contributed by atoms with Gasteiger partial charge in [-0.3, -0.25) is 0 Å². The van der Waals surface area contributed by atoms with Gasteiger partial charge in [0.15, 0.2) is 16.6 Å². The minimum absolute atomic E-state index is 0.00455. The molecule has 0 aliphatic heterocycles. The van der Waals surface area contributed by atoms with Crippen molar-refractivity contribution in [2.24, 2.45) is 0 Å². The standard InChI is InChI=1S/C37H53NO4Si2/c1-36(2,3)43(8,9)41-26-33(34(27-19-13-12-14-20-27)42-44(10,11)37(4,5)6)38(7)35(39)40-25-32-30-23-17-15-21-28(30)29-22-16-18-24-31(29)32/h12-24,32-34H,25-26H2,1-11H3/t33-,34+/m1/s1. The highest BCUT2D eigenvalue weighted by atomic mass is 28.4. The number of fused-ring (bicyclic) bond motifs is 3. The molecular formula is C37H53NO4Si2. The van der Waals surface area contributed by atoms with Gasteiger partial charge in [0, 0.05) is 13.0 Å². The predicted octanol–water partition coefficient (Wildman–Crippen LogP) is 10.0. The molecule has 1 aliphatic carbocycles. The topological polar surface area (TPSA) is 48.0 Å². The second kappa shape index (κ2) is 13.0. The normalized spacial score (nSPS) is 15.3. The molecule has 0 bridgehead atoms. The van der Waals surface area contributed by atoms with Crippen molar-refractivity contribution in [3.8, 4) is 11.1 Å². The number of carbonyl (C=O) groups excluding carboxylic acids is 1. The third-order valence-electron chi connectivity index (χ3n) is 10.2. The fourth-order valence-corrected chi connectivity index (χ4v) is 7.55. The summed E-state index contributed by atoms with van der Waals surface area (Å²) in [4.78, 5) is 15.7. The Balaban J connectivity index is 1.65. The van der Waals surface area contributed by atoms with Crippen LogP contribution in [-0.2, 0) is 13.6 Å². The lowest BCUT2D eigenvalue weighted by Crippen LogP contribution is -2.52. The molecule has 5 nitrogen and oxygen atoms in total. The number of amides is 1. The van der Waals surface area contributed by atoms with Crippen molar-refractivity contribution in [3.63, 3.8) is 0 Å². The zero-order valence-corrected chi connectivity index (χ0v) is 30.7. The summed E-state index contributed by atoms with van der Waals surface area (Å²) in [5.74, 6) is -0.00455. The number of nitrogens with zero attached hydrogens (tertiary/aromatic N) is 1. The van der Waals surface area contributed by atoms with Gasteiger partial charge in [-0.2, -0.15) is 0 Å². The van der Waals surface area contributed by atoms with E-state index in [9.17, 15) is 4.79 Å². The third-order valence-corrected chi connectivity index (χ3v) is 19.2. The van der Waals surface area contributed by atoms with Crippen molar-refractivity contribution in [2.45, 2.75) is 95.9 Å². The van der Waals surface area contributed by atoms with E-state index < -0.39 is 16.6 Å². The van der Waals surface area contributed by atoms with Crippen LogP contribution in [0.2, 0.25) is 36.3 Å². The van der Waals surface area contributed by atoms with Gasteiger partial charge in [0.25, 0.3) is 0 Å². The molecule has 0 aromatic heterocycles.